The molecule has 0 spiro atoms. The van der Waals surface area contributed by atoms with Crippen molar-refractivity contribution in [1.29, 1.82) is 0 Å². The Morgan fingerprint density at radius 3 is 2.47 bits per heavy atom. The zero-order chi connectivity index (χ0) is 21.4. The summed E-state index contributed by atoms with van der Waals surface area (Å²) >= 11 is 0. The Balaban J connectivity index is 1.78. The van der Waals surface area contributed by atoms with Crippen molar-refractivity contribution in [1.82, 2.24) is 4.98 Å². The summed E-state index contributed by atoms with van der Waals surface area (Å²) in [6.07, 6.45) is 2.85. The second-order valence-corrected chi connectivity index (χ2v) is 8.26. The molecule has 0 saturated heterocycles. The lowest BCUT2D eigenvalue weighted by molar-refractivity contribution is -0.123. The van der Waals surface area contributed by atoms with Crippen LogP contribution in [0.25, 0.3) is 0 Å². The Kier molecular flexibility index (Phi) is 5.33. The number of amides is 1. The highest BCUT2D eigenvalue weighted by Crippen LogP contribution is 2.44. The Labute approximate surface area is 175 Å². The third-order valence-corrected chi connectivity index (χ3v) is 5.79. The van der Waals surface area contributed by atoms with E-state index in [4.69, 9.17) is 0 Å². The molecule has 0 unspecified atom stereocenters. The predicted molar refractivity (Wildman–Crippen MR) is 114 cm³/mol. The molecule has 0 radical (unpaired) electrons. The standard InChI is InChI=1S/C24H24FN3O2/c1-13-4-9-20(26-12-13)28-24(30)21-15(3)27-18-10-14(2)11-19(29)23(18)22(21)16-5-7-17(25)8-6-16/h4-9,12,14,22-23H,10-11H2,1-3H3,(H,26,28,30)/t14-,22+,23-/m0/s1. The quantitative estimate of drug-likeness (QED) is 0.812. The van der Waals surface area contributed by atoms with Gasteiger partial charge in [-0.05, 0) is 55.5 Å². The number of rotatable bonds is 3. The average molecular weight is 405 g/mol. The normalized spacial score (nSPS) is 23.7. The summed E-state index contributed by atoms with van der Waals surface area (Å²) in [5.41, 5.74) is 3.55. The summed E-state index contributed by atoms with van der Waals surface area (Å²) in [4.78, 5) is 35.3. The number of aryl methyl sites for hydroxylation is 1. The van der Waals surface area contributed by atoms with Gasteiger partial charge in [-0.3, -0.25) is 14.6 Å². The number of nitrogens with one attached hydrogen (secondary N) is 1. The Bertz CT molecular complexity index is 1050. The summed E-state index contributed by atoms with van der Waals surface area (Å²) < 4.78 is 13.6. The van der Waals surface area contributed by atoms with Gasteiger partial charge in [-0.1, -0.05) is 25.1 Å². The monoisotopic (exact) mass is 405 g/mol. The van der Waals surface area contributed by atoms with E-state index in [0.29, 0.717) is 23.5 Å². The number of carbonyl (C=O) groups excluding carboxylic acids is 2. The van der Waals surface area contributed by atoms with Crippen LogP contribution in [-0.2, 0) is 9.59 Å². The first-order valence-electron chi connectivity index (χ1n) is 10.1. The molecule has 1 aromatic carbocycles. The van der Waals surface area contributed by atoms with Gasteiger partial charge >= 0.3 is 0 Å². The Morgan fingerprint density at radius 1 is 1.07 bits per heavy atom. The number of ketones is 1. The molecule has 1 N–H and O–H groups in total. The highest BCUT2D eigenvalue weighted by atomic mass is 19.1. The van der Waals surface area contributed by atoms with Gasteiger partial charge in [0.05, 0.1) is 5.92 Å². The van der Waals surface area contributed by atoms with E-state index in [9.17, 15) is 14.0 Å². The lowest BCUT2D eigenvalue weighted by atomic mass is 9.67. The molecule has 6 heteroatoms. The fourth-order valence-electron chi connectivity index (χ4n) is 4.43. The van der Waals surface area contributed by atoms with E-state index in [1.807, 2.05) is 19.9 Å². The molecule has 5 nitrogen and oxygen atoms in total. The zero-order valence-electron chi connectivity index (χ0n) is 17.3. The fraction of sp³-hybridized carbons (Fsp3) is 0.333. The molecule has 4 rings (SSSR count). The number of carbonyl (C=O) groups is 2. The van der Waals surface area contributed by atoms with Crippen LogP contribution in [0, 0.1) is 24.6 Å². The minimum atomic E-state index is -0.498. The van der Waals surface area contributed by atoms with Crippen molar-refractivity contribution in [2.45, 2.75) is 39.5 Å². The van der Waals surface area contributed by atoms with Crippen LogP contribution >= 0.6 is 0 Å². The summed E-state index contributed by atoms with van der Waals surface area (Å²) in [5, 5.41) is 2.84. The number of nitrogens with zero attached hydrogens (tertiary/aromatic N) is 2. The molecule has 1 aliphatic carbocycles. The number of aliphatic imine (C=N–C) groups is 1. The van der Waals surface area contributed by atoms with Gasteiger partial charge in [-0.25, -0.2) is 9.37 Å². The van der Waals surface area contributed by atoms with Gasteiger partial charge in [-0.2, -0.15) is 0 Å². The number of pyridine rings is 1. The third-order valence-electron chi connectivity index (χ3n) is 5.79. The summed E-state index contributed by atoms with van der Waals surface area (Å²) in [6, 6.07) is 9.63. The number of fused-ring (bicyclic) bond motifs is 1. The highest BCUT2D eigenvalue weighted by molar-refractivity contribution is 6.14. The van der Waals surface area contributed by atoms with Crippen molar-refractivity contribution in [2.24, 2.45) is 16.8 Å². The second-order valence-electron chi connectivity index (χ2n) is 8.26. The van der Waals surface area contributed by atoms with Gasteiger partial charge in [0.1, 0.15) is 17.4 Å². The molecule has 3 atom stereocenters. The van der Waals surface area contributed by atoms with Crippen molar-refractivity contribution in [3.8, 4) is 0 Å². The van der Waals surface area contributed by atoms with Crippen LogP contribution < -0.4 is 5.32 Å². The van der Waals surface area contributed by atoms with Crippen LogP contribution in [0.2, 0.25) is 0 Å². The molecule has 1 amide bonds. The van der Waals surface area contributed by atoms with Gasteiger partial charge < -0.3 is 5.32 Å². The minimum absolute atomic E-state index is 0.0769. The molecular formula is C24H24FN3O2. The van der Waals surface area contributed by atoms with Crippen molar-refractivity contribution >= 4 is 23.2 Å². The number of benzene rings is 1. The largest absolute Gasteiger partial charge is 0.307 e. The third kappa shape index (κ3) is 3.82. The maximum atomic E-state index is 13.6. The van der Waals surface area contributed by atoms with Crippen LogP contribution in [0.15, 0.2) is 58.9 Å². The Hall–Kier alpha value is -3.15. The Morgan fingerprint density at radius 2 is 1.80 bits per heavy atom. The topological polar surface area (TPSA) is 71.4 Å². The second kappa shape index (κ2) is 7.94. The van der Waals surface area contributed by atoms with E-state index in [0.717, 1.165) is 23.3 Å². The predicted octanol–water partition coefficient (Wildman–Crippen LogP) is 4.60. The lowest BCUT2D eigenvalue weighted by Gasteiger charge is -2.37. The number of anilines is 1. The first kappa shape index (κ1) is 20.1. The van der Waals surface area contributed by atoms with Crippen molar-refractivity contribution < 1.29 is 14.0 Å². The average Bonchev–Trinajstić information content (AvgIpc) is 2.69. The number of halogens is 1. The molecule has 1 aliphatic heterocycles. The molecule has 2 aromatic rings. The van der Waals surface area contributed by atoms with Crippen LogP contribution in [0.5, 0.6) is 0 Å². The van der Waals surface area contributed by atoms with Crippen molar-refractivity contribution in [3.63, 3.8) is 0 Å². The smallest absolute Gasteiger partial charge is 0.255 e. The van der Waals surface area contributed by atoms with Gasteiger partial charge in [-0.15, -0.1) is 0 Å². The van der Waals surface area contributed by atoms with E-state index in [2.05, 4.69) is 15.3 Å². The summed E-state index contributed by atoms with van der Waals surface area (Å²) in [7, 11) is 0. The molecule has 2 aliphatic rings. The molecule has 1 saturated carbocycles. The lowest BCUT2D eigenvalue weighted by Crippen LogP contribution is -2.41. The maximum absolute atomic E-state index is 13.6. The van der Waals surface area contributed by atoms with Crippen molar-refractivity contribution in [2.75, 3.05) is 5.32 Å². The molecular weight excluding hydrogens is 381 g/mol. The SMILES string of the molecule is CC1=C(C(=O)Nc2ccc(C)cn2)[C@@H](c2ccc(F)cc2)[C@@H]2C(=O)C[C@@H](C)CC2=N1. The number of Topliss-reactive ketones (excluding diaryl/α,β-unsaturated/α-hetero) is 1. The molecule has 1 aromatic heterocycles. The van der Waals surface area contributed by atoms with Gasteiger partial charge in [0, 0.05) is 35.5 Å². The van der Waals surface area contributed by atoms with E-state index in [1.54, 1.807) is 31.3 Å². The van der Waals surface area contributed by atoms with E-state index < -0.39 is 11.8 Å². The summed E-state index contributed by atoms with van der Waals surface area (Å²) in [5.74, 6) is -0.961. The van der Waals surface area contributed by atoms with Gasteiger partial charge in [0.25, 0.3) is 5.91 Å². The van der Waals surface area contributed by atoms with E-state index in [-0.39, 0.29) is 23.4 Å². The first-order valence-corrected chi connectivity index (χ1v) is 10.1. The summed E-state index contributed by atoms with van der Waals surface area (Å²) in [6.45, 7) is 5.75. The first-order chi connectivity index (χ1) is 14.3. The van der Waals surface area contributed by atoms with E-state index >= 15 is 0 Å². The number of hydrogen-bond acceptors (Lipinski definition) is 4. The molecule has 30 heavy (non-hydrogen) atoms. The number of hydrogen-bond donors (Lipinski definition) is 1. The molecule has 0 bridgehead atoms. The number of allylic oxidation sites excluding steroid dienone is 1. The molecule has 154 valence electrons. The minimum Gasteiger partial charge on any atom is -0.307 e. The van der Waals surface area contributed by atoms with Crippen molar-refractivity contribution in [3.05, 3.63) is 70.8 Å². The molecule has 1 fully saturated rings. The number of aromatic nitrogens is 1. The van der Waals surface area contributed by atoms with Crippen LogP contribution in [-0.4, -0.2) is 22.4 Å². The van der Waals surface area contributed by atoms with Gasteiger partial charge in [0.15, 0.2) is 0 Å². The van der Waals surface area contributed by atoms with Crippen LogP contribution in [0.1, 0.15) is 43.7 Å². The van der Waals surface area contributed by atoms with Gasteiger partial charge in [0.2, 0.25) is 0 Å². The molecule has 2 heterocycles. The van der Waals surface area contributed by atoms with Crippen LogP contribution in [0.3, 0.4) is 0 Å². The fourth-order valence-corrected chi connectivity index (χ4v) is 4.43. The maximum Gasteiger partial charge on any atom is 0.255 e. The van der Waals surface area contributed by atoms with Crippen LogP contribution in [0.4, 0.5) is 10.2 Å². The highest BCUT2D eigenvalue weighted by Gasteiger charge is 2.44. The zero-order valence-corrected chi connectivity index (χ0v) is 17.3. The van der Waals surface area contributed by atoms with E-state index in [1.165, 1.54) is 12.1 Å².